The first-order valence-electron chi connectivity index (χ1n) is 11.7. The van der Waals surface area contributed by atoms with Gasteiger partial charge >= 0.3 is 0 Å². The van der Waals surface area contributed by atoms with Crippen molar-refractivity contribution in [1.82, 2.24) is 15.0 Å². The number of hydrogen-bond acceptors (Lipinski definition) is 4. The zero-order valence-electron chi connectivity index (χ0n) is 18.1. The summed E-state index contributed by atoms with van der Waals surface area (Å²) in [5.74, 6) is 3.34. The predicted octanol–water partition coefficient (Wildman–Crippen LogP) is 4.26. The Balaban J connectivity index is 1.47. The molecule has 5 rings (SSSR count). The number of hydrogen-bond donors (Lipinski definition) is 1. The summed E-state index contributed by atoms with van der Waals surface area (Å²) in [4.78, 5) is 12.0. The maximum atomic E-state index is 12.0. The number of nitrogens with zero attached hydrogens (tertiary/aromatic N) is 3. The quantitative estimate of drug-likeness (QED) is 0.827. The number of fused-ring (bicyclic) bond motifs is 5. The molecule has 3 fully saturated rings. The van der Waals surface area contributed by atoms with Crippen molar-refractivity contribution in [1.29, 1.82) is 0 Å². The van der Waals surface area contributed by atoms with Crippen LogP contribution < -0.4 is 0 Å². The molecule has 0 aromatic carbocycles. The summed E-state index contributed by atoms with van der Waals surface area (Å²) in [5.41, 5.74) is 1.20. The highest BCUT2D eigenvalue weighted by Crippen LogP contribution is 2.68. The van der Waals surface area contributed by atoms with Gasteiger partial charge in [0.05, 0.1) is 6.20 Å². The van der Waals surface area contributed by atoms with Crippen LogP contribution in [0.5, 0.6) is 0 Å². The molecule has 158 valence electrons. The summed E-state index contributed by atoms with van der Waals surface area (Å²) in [6.45, 7) is 7.69. The average molecular weight is 398 g/mol. The van der Waals surface area contributed by atoms with Gasteiger partial charge in [-0.25, -0.2) is 0 Å². The van der Waals surface area contributed by atoms with E-state index in [0.29, 0.717) is 35.4 Å². The molecule has 1 N–H and O–H groups in total. The Hall–Kier alpha value is -1.49. The summed E-state index contributed by atoms with van der Waals surface area (Å²) in [5, 5.41) is 20.7. The van der Waals surface area contributed by atoms with E-state index < -0.39 is 5.60 Å². The number of allylic oxidation sites excluding steroid dienone is 1. The fourth-order valence-corrected chi connectivity index (χ4v) is 7.85. The second-order valence-electron chi connectivity index (χ2n) is 10.6. The van der Waals surface area contributed by atoms with Crippen molar-refractivity contribution in [2.75, 3.05) is 0 Å². The van der Waals surface area contributed by atoms with Gasteiger partial charge in [-0.15, -0.1) is 5.10 Å². The highest BCUT2D eigenvalue weighted by Gasteiger charge is 2.64. The molecule has 4 unspecified atom stereocenters. The van der Waals surface area contributed by atoms with Gasteiger partial charge in [-0.2, -0.15) is 0 Å². The number of aliphatic hydroxyl groups is 1. The molecule has 0 spiro atoms. The molecule has 0 radical (unpaired) electrons. The van der Waals surface area contributed by atoms with Crippen LogP contribution in [0.3, 0.4) is 0 Å². The molecule has 3 saturated carbocycles. The largest absolute Gasteiger partial charge is 0.383 e. The van der Waals surface area contributed by atoms with Gasteiger partial charge in [0, 0.05) is 18.4 Å². The maximum absolute atomic E-state index is 12.0. The lowest BCUT2D eigenvalue weighted by molar-refractivity contribution is -0.134. The van der Waals surface area contributed by atoms with Crippen molar-refractivity contribution in [3.63, 3.8) is 0 Å². The Morgan fingerprint density at radius 1 is 1.28 bits per heavy atom. The van der Waals surface area contributed by atoms with Crippen LogP contribution in [0.15, 0.2) is 17.8 Å². The number of aryl methyl sites for hydroxylation is 1. The minimum atomic E-state index is -0.868. The Bertz CT molecular complexity index is 845. The molecule has 7 atom stereocenters. The van der Waals surface area contributed by atoms with Crippen LogP contribution in [-0.2, 0) is 16.9 Å². The predicted molar refractivity (Wildman–Crippen MR) is 111 cm³/mol. The highest BCUT2D eigenvalue weighted by molar-refractivity contribution is 5.91. The lowest BCUT2D eigenvalue weighted by Crippen LogP contribution is -2.53. The standard InChI is InChI=1S/C24H35N3O2/c1-4-11-27-14-21(25-26-27)24(29)10-8-20-22-15(2)12-16-13-17(28)5-6-18(16)19(22)7-9-23(20,24)3/h13-15,18-20,22,29H,4-12H2,1-3H3/t15-,18?,19?,20?,22?,23+,24-/m1/s1. The van der Waals surface area contributed by atoms with Crippen molar-refractivity contribution in [2.45, 2.75) is 84.3 Å². The third-order valence-corrected chi connectivity index (χ3v) is 9.21. The molecule has 0 aliphatic heterocycles. The van der Waals surface area contributed by atoms with Gasteiger partial charge in [0.2, 0.25) is 0 Å². The van der Waals surface area contributed by atoms with Gasteiger partial charge in [0.15, 0.2) is 5.78 Å². The topological polar surface area (TPSA) is 68.0 Å². The number of aromatic nitrogens is 3. The van der Waals surface area contributed by atoms with E-state index in [1.165, 1.54) is 5.57 Å². The molecule has 0 saturated heterocycles. The lowest BCUT2D eigenvalue weighted by Gasteiger charge is -2.57. The lowest BCUT2D eigenvalue weighted by atomic mass is 9.48. The second kappa shape index (κ2) is 6.76. The molecular formula is C24H35N3O2. The number of carbonyl (C=O) groups is 1. The summed E-state index contributed by atoms with van der Waals surface area (Å²) >= 11 is 0. The molecule has 5 nitrogen and oxygen atoms in total. The molecule has 0 amide bonds. The summed E-state index contributed by atoms with van der Waals surface area (Å²) in [6.07, 6.45) is 11.9. The minimum Gasteiger partial charge on any atom is -0.383 e. The third-order valence-electron chi connectivity index (χ3n) is 9.21. The summed E-state index contributed by atoms with van der Waals surface area (Å²) in [6, 6.07) is 0. The van der Waals surface area contributed by atoms with Crippen LogP contribution in [-0.4, -0.2) is 25.9 Å². The smallest absolute Gasteiger partial charge is 0.155 e. The average Bonchev–Trinajstić information content (AvgIpc) is 3.26. The molecule has 1 heterocycles. The van der Waals surface area contributed by atoms with E-state index in [0.717, 1.165) is 63.6 Å². The maximum Gasteiger partial charge on any atom is 0.155 e. The van der Waals surface area contributed by atoms with Crippen molar-refractivity contribution in [2.24, 2.45) is 35.0 Å². The molecular weight excluding hydrogens is 362 g/mol. The van der Waals surface area contributed by atoms with Gasteiger partial charge < -0.3 is 5.11 Å². The van der Waals surface area contributed by atoms with Gasteiger partial charge in [-0.05, 0) is 80.6 Å². The molecule has 0 bridgehead atoms. The fraction of sp³-hybridized carbons (Fsp3) is 0.792. The van der Waals surface area contributed by atoms with E-state index >= 15 is 0 Å². The zero-order valence-corrected chi connectivity index (χ0v) is 18.1. The monoisotopic (exact) mass is 397 g/mol. The van der Waals surface area contributed by atoms with E-state index in [2.05, 4.69) is 31.1 Å². The van der Waals surface area contributed by atoms with Gasteiger partial charge in [0.1, 0.15) is 11.3 Å². The van der Waals surface area contributed by atoms with Crippen LogP contribution in [0.4, 0.5) is 0 Å². The Morgan fingerprint density at radius 2 is 2.10 bits per heavy atom. The van der Waals surface area contributed by atoms with E-state index in [-0.39, 0.29) is 5.41 Å². The first-order chi connectivity index (χ1) is 13.9. The summed E-state index contributed by atoms with van der Waals surface area (Å²) < 4.78 is 1.88. The van der Waals surface area contributed by atoms with Crippen molar-refractivity contribution in [3.8, 4) is 0 Å². The van der Waals surface area contributed by atoms with E-state index in [9.17, 15) is 9.90 Å². The Labute approximate surface area is 173 Å². The van der Waals surface area contributed by atoms with E-state index in [1.807, 2.05) is 17.0 Å². The van der Waals surface area contributed by atoms with E-state index in [4.69, 9.17) is 0 Å². The Morgan fingerprint density at radius 3 is 2.90 bits per heavy atom. The Kier molecular flexibility index (Phi) is 4.54. The van der Waals surface area contributed by atoms with Crippen molar-refractivity contribution in [3.05, 3.63) is 23.5 Å². The molecule has 1 aromatic heterocycles. The van der Waals surface area contributed by atoms with Crippen molar-refractivity contribution >= 4 is 5.78 Å². The third kappa shape index (κ3) is 2.72. The van der Waals surface area contributed by atoms with Gasteiger partial charge in [-0.1, -0.05) is 31.6 Å². The van der Waals surface area contributed by atoms with Crippen LogP contribution in [0.2, 0.25) is 0 Å². The SMILES string of the molecule is CCCn1cc([C@]2(O)CCC3C4C(CC[C@@]32C)C2CCC(=O)C=C2C[C@H]4C)nn1. The first kappa shape index (κ1) is 19.5. The number of ketones is 1. The molecule has 4 aliphatic carbocycles. The van der Waals surface area contributed by atoms with Gasteiger partial charge in [-0.3, -0.25) is 9.48 Å². The first-order valence-corrected chi connectivity index (χ1v) is 11.7. The molecule has 4 aliphatic rings. The highest BCUT2D eigenvalue weighted by atomic mass is 16.3. The molecule has 29 heavy (non-hydrogen) atoms. The van der Waals surface area contributed by atoms with Gasteiger partial charge in [0.25, 0.3) is 0 Å². The molecule has 1 aromatic rings. The van der Waals surface area contributed by atoms with Crippen LogP contribution in [0.1, 0.15) is 77.8 Å². The fourth-order valence-electron chi connectivity index (χ4n) is 7.85. The van der Waals surface area contributed by atoms with Crippen LogP contribution >= 0.6 is 0 Å². The van der Waals surface area contributed by atoms with Crippen LogP contribution in [0.25, 0.3) is 0 Å². The minimum absolute atomic E-state index is 0.138. The molecule has 5 heteroatoms. The zero-order chi connectivity index (χ0) is 20.4. The number of carbonyl (C=O) groups excluding carboxylic acids is 1. The second-order valence-corrected chi connectivity index (χ2v) is 10.6. The normalized spacial score (nSPS) is 44.1. The number of rotatable bonds is 3. The summed E-state index contributed by atoms with van der Waals surface area (Å²) in [7, 11) is 0. The van der Waals surface area contributed by atoms with Crippen molar-refractivity contribution < 1.29 is 9.90 Å². The van der Waals surface area contributed by atoms with E-state index in [1.54, 1.807) is 0 Å². The van der Waals surface area contributed by atoms with Crippen LogP contribution in [0, 0.1) is 35.0 Å².